The largest absolute Gasteiger partial charge is 0.462 e. The Morgan fingerprint density at radius 2 is 2.31 bits per heavy atom. The Labute approximate surface area is 77.5 Å². The van der Waals surface area contributed by atoms with Gasteiger partial charge in [0, 0.05) is 0 Å². The van der Waals surface area contributed by atoms with Gasteiger partial charge in [0.15, 0.2) is 0 Å². The Morgan fingerprint density at radius 3 is 2.85 bits per heavy atom. The molecular weight excluding hydrogens is 166 g/mol. The molecule has 1 fully saturated rings. The topological polar surface area (TPSA) is 59.4 Å². The number of nitrogens with two attached hydrogens (primary N) is 1. The first kappa shape index (κ1) is 8.78. The summed E-state index contributed by atoms with van der Waals surface area (Å²) in [6.45, 7) is -0.0455. The summed E-state index contributed by atoms with van der Waals surface area (Å²) in [6.07, 6.45) is 3.63. The second-order valence-electron chi connectivity index (χ2n) is 3.75. The first-order valence-electron chi connectivity index (χ1n) is 4.74. The summed E-state index contributed by atoms with van der Waals surface area (Å²) in [5, 5.41) is 8.79. The quantitative estimate of drug-likeness (QED) is 0.741. The number of furan rings is 1. The molecule has 0 saturated heterocycles. The average molecular weight is 181 g/mol. The molecule has 1 atom stereocenters. The van der Waals surface area contributed by atoms with Crippen molar-refractivity contribution in [3.63, 3.8) is 0 Å². The molecule has 13 heavy (non-hydrogen) atoms. The second kappa shape index (κ2) is 3.52. The summed E-state index contributed by atoms with van der Waals surface area (Å²) in [5.74, 6) is 2.20. The maximum Gasteiger partial charge on any atom is 0.129 e. The lowest BCUT2D eigenvalue weighted by atomic mass is 10.1. The lowest BCUT2D eigenvalue weighted by Gasteiger charge is -2.06. The Morgan fingerprint density at radius 1 is 1.54 bits per heavy atom. The number of aliphatic hydroxyl groups excluding tert-OH is 1. The predicted molar refractivity (Wildman–Crippen MR) is 48.9 cm³/mol. The van der Waals surface area contributed by atoms with Crippen LogP contribution in [0.15, 0.2) is 16.5 Å². The van der Waals surface area contributed by atoms with E-state index in [2.05, 4.69) is 0 Å². The second-order valence-corrected chi connectivity index (χ2v) is 3.75. The minimum Gasteiger partial charge on any atom is -0.462 e. The summed E-state index contributed by atoms with van der Waals surface area (Å²) in [4.78, 5) is 0. The molecule has 0 unspecified atom stereocenters. The van der Waals surface area contributed by atoms with Crippen LogP contribution < -0.4 is 5.73 Å². The zero-order valence-electron chi connectivity index (χ0n) is 7.57. The average Bonchev–Trinajstić information content (AvgIpc) is 2.82. The minimum atomic E-state index is -0.0455. The van der Waals surface area contributed by atoms with Crippen molar-refractivity contribution < 1.29 is 9.52 Å². The molecule has 1 aliphatic rings. The van der Waals surface area contributed by atoms with Gasteiger partial charge in [-0.05, 0) is 24.5 Å². The molecule has 0 amide bonds. The summed E-state index contributed by atoms with van der Waals surface area (Å²) in [5.41, 5.74) is 5.93. The van der Waals surface area contributed by atoms with Crippen molar-refractivity contribution >= 4 is 0 Å². The van der Waals surface area contributed by atoms with Crippen LogP contribution >= 0.6 is 0 Å². The van der Waals surface area contributed by atoms with Crippen LogP contribution in [0.1, 0.15) is 36.8 Å². The molecule has 0 aliphatic heterocycles. The van der Waals surface area contributed by atoms with Gasteiger partial charge >= 0.3 is 0 Å². The Bertz CT molecular complexity index is 278. The molecule has 1 heterocycles. The van der Waals surface area contributed by atoms with Gasteiger partial charge in [-0.3, -0.25) is 0 Å². The standard InChI is InChI=1S/C10H15NO2/c11-9(5-7-1-2-7)10-4-3-8(6-12)13-10/h3-4,7,9,12H,1-2,5-6,11H2/t9-/m0/s1. The number of aliphatic hydroxyl groups is 1. The molecule has 3 N–H and O–H groups in total. The SMILES string of the molecule is N[C@@H](CC1CC1)c1ccc(CO)o1. The van der Waals surface area contributed by atoms with Gasteiger partial charge in [0.05, 0.1) is 6.04 Å². The molecule has 1 aromatic heterocycles. The van der Waals surface area contributed by atoms with E-state index in [1.807, 2.05) is 6.07 Å². The van der Waals surface area contributed by atoms with Crippen LogP contribution in [0.25, 0.3) is 0 Å². The Hall–Kier alpha value is -0.800. The molecule has 2 rings (SSSR count). The van der Waals surface area contributed by atoms with Crippen LogP contribution in [0.4, 0.5) is 0 Å². The van der Waals surface area contributed by atoms with E-state index in [9.17, 15) is 0 Å². The van der Waals surface area contributed by atoms with Gasteiger partial charge in [0.1, 0.15) is 18.1 Å². The zero-order chi connectivity index (χ0) is 9.26. The fraction of sp³-hybridized carbons (Fsp3) is 0.600. The van der Waals surface area contributed by atoms with Gasteiger partial charge in [0.25, 0.3) is 0 Å². The van der Waals surface area contributed by atoms with E-state index in [1.54, 1.807) is 6.07 Å². The summed E-state index contributed by atoms with van der Waals surface area (Å²) in [7, 11) is 0. The highest BCUT2D eigenvalue weighted by atomic mass is 16.4. The molecular formula is C10H15NO2. The first-order chi connectivity index (χ1) is 6.29. The van der Waals surface area contributed by atoms with Crippen LogP contribution in [0.5, 0.6) is 0 Å². The molecule has 1 aromatic rings. The Balaban J connectivity index is 1.96. The van der Waals surface area contributed by atoms with Crippen molar-refractivity contribution in [1.82, 2.24) is 0 Å². The van der Waals surface area contributed by atoms with Gasteiger partial charge in [-0.1, -0.05) is 12.8 Å². The van der Waals surface area contributed by atoms with Crippen molar-refractivity contribution in [3.05, 3.63) is 23.7 Å². The van der Waals surface area contributed by atoms with E-state index in [0.29, 0.717) is 5.76 Å². The van der Waals surface area contributed by atoms with Gasteiger partial charge in [-0.25, -0.2) is 0 Å². The minimum absolute atomic E-state index is 0.00722. The highest BCUT2D eigenvalue weighted by molar-refractivity contribution is 5.10. The predicted octanol–water partition coefficient (Wildman–Crippen LogP) is 1.57. The van der Waals surface area contributed by atoms with Crippen molar-refractivity contribution in [2.45, 2.75) is 31.9 Å². The van der Waals surface area contributed by atoms with E-state index in [4.69, 9.17) is 15.3 Å². The molecule has 0 aromatic carbocycles. The number of rotatable bonds is 4. The molecule has 1 saturated carbocycles. The third-order valence-corrected chi connectivity index (χ3v) is 2.49. The van der Waals surface area contributed by atoms with Crippen LogP contribution in [-0.2, 0) is 6.61 Å². The van der Waals surface area contributed by atoms with E-state index < -0.39 is 0 Å². The monoisotopic (exact) mass is 181 g/mol. The summed E-state index contributed by atoms with van der Waals surface area (Å²) < 4.78 is 5.35. The summed E-state index contributed by atoms with van der Waals surface area (Å²) in [6, 6.07) is 3.65. The first-order valence-corrected chi connectivity index (χ1v) is 4.74. The lowest BCUT2D eigenvalue weighted by molar-refractivity contribution is 0.240. The van der Waals surface area contributed by atoms with Crippen LogP contribution in [0.3, 0.4) is 0 Å². The van der Waals surface area contributed by atoms with E-state index >= 15 is 0 Å². The molecule has 0 bridgehead atoms. The maximum absolute atomic E-state index is 8.79. The highest BCUT2D eigenvalue weighted by Crippen LogP contribution is 2.36. The van der Waals surface area contributed by atoms with Crippen molar-refractivity contribution in [3.8, 4) is 0 Å². The third-order valence-electron chi connectivity index (χ3n) is 2.49. The van der Waals surface area contributed by atoms with Crippen LogP contribution in [0, 0.1) is 5.92 Å². The third kappa shape index (κ3) is 2.11. The van der Waals surface area contributed by atoms with Gasteiger partial charge in [-0.2, -0.15) is 0 Å². The zero-order valence-corrected chi connectivity index (χ0v) is 7.57. The van der Waals surface area contributed by atoms with Gasteiger partial charge < -0.3 is 15.3 Å². The fourth-order valence-corrected chi connectivity index (χ4v) is 1.51. The Kier molecular flexibility index (Phi) is 2.38. The fourth-order valence-electron chi connectivity index (χ4n) is 1.51. The molecule has 0 spiro atoms. The molecule has 3 heteroatoms. The van der Waals surface area contributed by atoms with Crippen molar-refractivity contribution in [2.75, 3.05) is 0 Å². The number of hydrogen-bond donors (Lipinski definition) is 2. The molecule has 72 valence electrons. The van der Waals surface area contributed by atoms with Gasteiger partial charge in [0.2, 0.25) is 0 Å². The summed E-state index contributed by atoms with van der Waals surface area (Å²) >= 11 is 0. The number of hydrogen-bond acceptors (Lipinski definition) is 3. The normalized spacial score (nSPS) is 18.9. The van der Waals surface area contributed by atoms with Crippen molar-refractivity contribution in [1.29, 1.82) is 0 Å². The van der Waals surface area contributed by atoms with Gasteiger partial charge in [-0.15, -0.1) is 0 Å². The molecule has 0 radical (unpaired) electrons. The van der Waals surface area contributed by atoms with Crippen LogP contribution in [0.2, 0.25) is 0 Å². The van der Waals surface area contributed by atoms with Crippen molar-refractivity contribution in [2.24, 2.45) is 11.7 Å². The van der Waals surface area contributed by atoms with Crippen LogP contribution in [-0.4, -0.2) is 5.11 Å². The molecule has 1 aliphatic carbocycles. The maximum atomic E-state index is 8.79. The van der Waals surface area contributed by atoms with E-state index in [0.717, 1.165) is 18.1 Å². The van der Waals surface area contributed by atoms with E-state index in [1.165, 1.54) is 12.8 Å². The lowest BCUT2D eigenvalue weighted by Crippen LogP contribution is -2.09. The highest BCUT2D eigenvalue weighted by Gasteiger charge is 2.25. The van der Waals surface area contributed by atoms with E-state index in [-0.39, 0.29) is 12.6 Å². The smallest absolute Gasteiger partial charge is 0.129 e. The molecule has 3 nitrogen and oxygen atoms in total.